The zero-order valence-electron chi connectivity index (χ0n) is 9.66. The van der Waals surface area contributed by atoms with Gasteiger partial charge in [0.1, 0.15) is 0 Å². The number of hydrogen-bond acceptors (Lipinski definition) is 2. The van der Waals surface area contributed by atoms with E-state index in [0.29, 0.717) is 12.2 Å². The fraction of sp³-hybridized carbons (Fsp3) is 0.692. The van der Waals surface area contributed by atoms with Gasteiger partial charge in [0, 0.05) is 9.75 Å². The van der Waals surface area contributed by atoms with E-state index in [1.54, 1.807) is 0 Å². The molecule has 0 radical (unpaired) electrons. The maximum Gasteiger partial charge on any atom is 0.0845 e. The number of rotatable bonds is 6. The molecular weight excluding hydrogens is 204 g/mol. The third-order valence-corrected chi connectivity index (χ3v) is 4.18. The molecule has 0 spiro atoms. The first-order valence-corrected chi connectivity index (χ1v) is 6.88. The van der Waals surface area contributed by atoms with Crippen molar-refractivity contribution < 1.29 is 4.74 Å². The Morgan fingerprint density at radius 3 is 2.47 bits per heavy atom. The third-order valence-electron chi connectivity index (χ3n) is 2.98. The lowest BCUT2D eigenvalue weighted by atomic mass is 10.1. The molecule has 0 saturated carbocycles. The Morgan fingerprint density at radius 1 is 1.13 bits per heavy atom. The highest BCUT2D eigenvalue weighted by molar-refractivity contribution is 7.11. The van der Waals surface area contributed by atoms with Crippen molar-refractivity contribution >= 4 is 11.3 Å². The molecule has 2 atom stereocenters. The van der Waals surface area contributed by atoms with Gasteiger partial charge in [-0.3, -0.25) is 0 Å². The van der Waals surface area contributed by atoms with E-state index in [4.69, 9.17) is 4.74 Å². The van der Waals surface area contributed by atoms with E-state index in [0.717, 1.165) is 0 Å². The lowest BCUT2D eigenvalue weighted by Gasteiger charge is -1.93. The molecule has 1 fully saturated rings. The highest BCUT2D eigenvalue weighted by Crippen LogP contribution is 2.30. The van der Waals surface area contributed by atoms with E-state index in [-0.39, 0.29) is 0 Å². The number of aryl methyl sites for hydroxylation is 2. The van der Waals surface area contributed by atoms with Gasteiger partial charge in [-0.15, -0.1) is 11.3 Å². The first-order chi connectivity index (χ1) is 7.33. The quantitative estimate of drug-likeness (QED) is 0.669. The Kier molecular flexibility index (Phi) is 3.81. The molecule has 1 aromatic heterocycles. The van der Waals surface area contributed by atoms with Crippen molar-refractivity contribution in [3.8, 4) is 0 Å². The lowest BCUT2D eigenvalue weighted by molar-refractivity contribution is 0.360. The van der Waals surface area contributed by atoms with Crippen LogP contribution < -0.4 is 0 Å². The van der Waals surface area contributed by atoms with Gasteiger partial charge in [0.25, 0.3) is 0 Å². The second-order valence-corrected chi connectivity index (χ2v) is 5.53. The first kappa shape index (κ1) is 11.2. The van der Waals surface area contributed by atoms with Crippen LogP contribution in [0.4, 0.5) is 0 Å². The summed E-state index contributed by atoms with van der Waals surface area (Å²) in [6, 6.07) is 4.58. The van der Waals surface area contributed by atoms with Gasteiger partial charge in [-0.25, -0.2) is 0 Å². The Labute approximate surface area is 96.5 Å². The smallest absolute Gasteiger partial charge is 0.0845 e. The summed E-state index contributed by atoms with van der Waals surface area (Å²) in [6.07, 6.45) is 7.22. The zero-order chi connectivity index (χ0) is 10.7. The molecule has 0 N–H and O–H groups in total. The minimum atomic E-state index is 0.562. The molecule has 0 amide bonds. The Bertz CT molecular complexity index is 305. The molecule has 0 aliphatic carbocycles. The predicted octanol–water partition coefficient (Wildman–Crippen LogP) is 3.81. The summed E-state index contributed by atoms with van der Waals surface area (Å²) in [5.74, 6) is 0. The molecule has 2 heterocycles. The maximum absolute atomic E-state index is 5.55. The van der Waals surface area contributed by atoms with Crippen molar-refractivity contribution in [2.75, 3.05) is 0 Å². The van der Waals surface area contributed by atoms with Gasteiger partial charge in [0.2, 0.25) is 0 Å². The summed E-state index contributed by atoms with van der Waals surface area (Å²) in [5, 5.41) is 0. The van der Waals surface area contributed by atoms with Gasteiger partial charge in [0.15, 0.2) is 0 Å². The minimum Gasteiger partial charge on any atom is -0.370 e. The van der Waals surface area contributed by atoms with Crippen molar-refractivity contribution in [3.63, 3.8) is 0 Å². The molecule has 84 valence electrons. The molecule has 2 heteroatoms. The van der Waals surface area contributed by atoms with Crippen LogP contribution >= 0.6 is 11.3 Å². The van der Waals surface area contributed by atoms with Gasteiger partial charge >= 0.3 is 0 Å². The molecule has 2 unspecified atom stereocenters. The second kappa shape index (κ2) is 5.13. The van der Waals surface area contributed by atoms with Gasteiger partial charge < -0.3 is 4.74 Å². The Morgan fingerprint density at radius 2 is 1.87 bits per heavy atom. The number of hydrogen-bond donors (Lipinski definition) is 0. The monoisotopic (exact) mass is 224 g/mol. The van der Waals surface area contributed by atoms with Crippen molar-refractivity contribution in [2.24, 2.45) is 0 Å². The summed E-state index contributed by atoms with van der Waals surface area (Å²) >= 11 is 1.98. The topological polar surface area (TPSA) is 12.5 Å². The molecule has 1 nitrogen and oxygen atoms in total. The lowest BCUT2D eigenvalue weighted by Crippen LogP contribution is -1.93. The number of epoxide rings is 1. The summed E-state index contributed by atoms with van der Waals surface area (Å²) < 4.78 is 5.55. The SMILES string of the molecule is CCCc1ccc(CCC2OC2CC)s1. The predicted molar refractivity (Wildman–Crippen MR) is 65.6 cm³/mol. The van der Waals surface area contributed by atoms with E-state index in [1.807, 2.05) is 11.3 Å². The fourth-order valence-corrected chi connectivity index (χ4v) is 3.15. The molecule has 0 aromatic carbocycles. The summed E-state index contributed by atoms with van der Waals surface area (Å²) in [6.45, 7) is 4.44. The van der Waals surface area contributed by atoms with Crippen LogP contribution in [0.3, 0.4) is 0 Å². The van der Waals surface area contributed by atoms with Crippen molar-refractivity contribution in [1.29, 1.82) is 0 Å². The molecule has 1 aromatic rings. The molecule has 1 aliphatic rings. The van der Waals surface area contributed by atoms with E-state index >= 15 is 0 Å². The van der Waals surface area contributed by atoms with Crippen LogP contribution in [-0.2, 0) is 17.6 Å². The van der Waals surface area contributed by atoms with Crippen LogP contribution in [-0.4, -0.2) is 12.2 Å². The molecule has 2 rings (SSSR count). The van der Waals surface area contributed by atoms with Crippen LogP contribution in [0.5, 0.6) is 0 Å². The summed E-state index contributed by atoms with van der Waals surface area (Å²) in [5.41, 5.74) is 0. The fourth-order valence-electron chi connectivity index (χ4n) is 2.01. The summed E-state index contributed by atoms with van der Waals surface area (Å²) in [7, 11) is 0. The number of thiophene rings is 1. The third kappa shape index (κ3) is 3.05. The van der Waals surface area contributed by atoms with Crippen LogP contribution in [0.15, 0.2) is 12.1 Å². The molecule has 15 heavy (non-hydrogen) atoms. The first-order valence-electron chi connectivity index (χ1n) is 6.06. The molecular formula is C13H20OS. The Balaban J connectivity index is 1.74. The highest BCUT2D eigenvalue weighted by atomic mass is 32.1. The Hall–Kier alpha value is -0.340. The molecule has 1 saturated heterocycles. The van der Waals surface area contributed by atoms with Crippen molar-refractivity contribution in [3.05, 3.63) is 21.9 Å². The van der Waals surface area contributed by atoms with Gasteiger partial charge in [0.05, 0.1) is 12.2 Å². The standard InChI is InChI=1S/C13H20OS/c1-3-5-10-6-7-11(15-10)8-9-13-12(4-2)14-13/h6-7,12-13H,3-5,8-9H2,1-2H3. The van der Waals surface area contributed by atoms with Crippen LogP contribution in [0.2, 0.25) is 0 Å². The van der Waals surface area contributed by atoms with E-state index in [2.05, 4.69) is 26.0 Å². The van der Waals surface area contributed by atoms with Crippen LogP contribution in [0.1, 0.15) is 42.9 Å². The molecule has 1 aliphatic heterocycles. The number of ether oxygens (including phenoxy) is 1. The largest absolute Gasteiger partial charge is 0.370 e. The summed E-state index contributed by atoms with van der Waals surface area (Å²) in [4.78, 5) is 3.07. The van der Waals surface area contributed by atoms with Gasteiger partial charge in [-0.05, 0) is 37.8 Å². The van der Waals surface area contributed by atoms with E-state index in [9.17, 15) is 0 Å². The molecule has 0 bridgehead atoms. The van der Waals surface area contributed by atoms with E-state index in [1.165, 1.54) is 41.9 Å². The maximum atomic E-state index is 5.55. The highest BCUT2D eigenvalue weighted by Gasteiger charge is 2.36. The van der Waals surface area contributed by atoms with Crippen LogP contribution in [0, 0.1) is 0 Å². The zero-order valence-corrected chi connectivity index (χ0v) is 10.5. The van der Waals surface area contributed by atoms with Crippen molar-refractivity contribution in [1.82, 2.24) is 0 Å². The normalized spacial score (nSPS) is 24.4. The van der Waals surface area contributed by atoms with Crippen molar-refractivity contribution in [2.45, 2.75) is 58.2 Å². The average molecular weight is 224 g/mol. The second-order valence-electron chi connectivity index (χ2n) is 4.28. The average Bonchev–Trinajstić information content (AvgIpc) is 2.88. The van der Waals surface area contributed by atoms with Crippen LogP contribution in [0.25, 0.3) is 0 Å². The van der Waals surface area contributed by atoms with Gasteiger partial charge in [-0.2, -0.15) is 0 Å². The van der Waals surface area contributed by atoms with E-state index < -0.39 is 0 Å². The minimum absolute atomic E-state index is 0.562. The van der Waals surface area contributed by atoms with Gasteiger partial charge in [-0.1, -0.05) is 20.3 Å².